The van der Waals surface area contributed by atoms with Gasteiger partial charge in [-0.2, -0.15) is 5.26 Å². The lowest BCUT2D eigenvalue weighted by atomic mass is 10.1. The van der Waals surface area contributed by atoms with Gasteiger partial charge in [-0.15, -0.1) is 0 Å². The number of hydrogen-bond donors (Lipinski definition) is 2. The maximum absolute atomic E-state index is 11.4. The third-order valence-electron chi connectivity index (χ3n) is 2.18. The second-order valence-electron chi connectivity index (χ2n) is 3.45. The van der Waals surface area contributed by atoms with Crippen LogP contribution in [-0.2, 0) is 9.59 Å². The third-order valence-corrected chi connectivity index (χ3v) is 2.18. The number of carbonyl (C=O) groups is 2. The van der Waals surface area contributed by atoms with Crippen molar-refractivity contribution in [3.63, 3.8) is 0 Å². The van der Waals surface area contributed by atoms with Crippen LogP contribution in [0.2, 0.25) is 0 Å². The predicted octanol–water partition coefficient (Wildman–Crippen LogP) is 0.504. The maximum atomic E-state index is 11.4. The average Bonchev–Trinajstić information content (AvgIpc) is 2.36. The van der Waals surface area contributed by atoms with E-state index in [1.54, 1.807) is 13.0 Å². The van der Waals surface area contributed by atoms with Crippen molar-refractivity contribution in [2.75, 3.05) is 6.54 Å². The molecule has 0 fully saturated rings. The van der Waals surface area contributed by atoms with Crippen molar-refractivity contribution in [3.05, 3.63) is 35.9 Å². The third kappa shape index (κ3) is 3.95. The van der Waals surface area contributed by atoms with Crippen molar-refractivity contribution in [1.29, 1.82) is 5.26 Å². The highest BCUT2D eigenvalue weighted by Gasteiger charge is 2.15. The minimum absolute atomic E-state index is 0.175. The Morgan fingerprint density at radius 1 is 1.29 bits per heavy atom. The molecule has 1 unspecified atom stereocenters. The van der Waals surface area contributed by atoms with Gasteiger partial charge in [0.2, 0.25) is 0 Å². The van der Waals surface area contributed by atoms with Crippen molar-refractivity contribution < 1.29 is 9.59 Å². The largest absolute Gasteiger partial charge is 0.341 e. The number of amides is 2. The first-order valence-corrected chi connectivity index (χ1v) is 5.15. The molecule has 17 heavy (non-hydrogen) atoms. The molecule has 0 radical (unpaired) electrons. The molecule has 0 aliphatic heterocycles. The van der Waals surface area contributed by atoms with Gasteiger partial charge in [-0.05, 0) is 12.5 Å². The van der Waals surface area contributed by atoms with E-state index in [4.69, 9.17) is 5.26 Å². The number of benzene rings is 1. The molecule has 0 aliphatic rings. The van der Waals surface area contributed by atoms with E-state index in [0.717, 1.165) is 5.56 Å². The minimum Gasteiger partial charge on any atom is -0.341 e. The van der Waals surface area contributed by atoms with Gasteiger partial charge in [0.1, 0.15) is 6.54 Å². The Balaban J connectivity index is 2.52. The lowest BCUT2D eigenvalue weighted by molar-refractivity contribution is -0.139. The molecule has 1 rings (SSSR count). The maximum Gasteiger partial charge on any atom is 0.310 e. The number of hydrogen-bond acceptors (Lipinski definition) is 3. The Hall–Kier alpha value is -2.35. The van der Waals surface area contributed by atoms with E-state index in [1.807, 2.05) is 30.3 Å². The molecule has 1 atom stereocenters. The fraction of sp³-hybridized carbons (Fsp3) is 0.250. The highest BCUT2D eigenvalue weighted by atomic mass is 16.2. The molecule has 0 aliphatic carbocycles. The van der Waals surface area contributed by atoms with Crippen LogP contribution in [0.1, 0.15) is 18.5 Å². The second-order valence-corrected chi connectivity index (χ2v) is 3.45. The Morgan fingerprint density at radius 2 is 1.94 bits per heavy atom. The molecule has 0 aromatic heterocycles. The van der Waals surface area contributed by atoms with E-state index < -0.39 is 11.8 Å². The molecule has 1 aromatic carbocycles. The number of nitriles is 1. The van der Waals surface area contributed by atoms with Gasteiger partial charge in [0.25, 0.3) is 0 Å². The van der Waals surface area contributed by atoms with Crippen LogP contribution in [0.3, 0.4) is 0 Å². The van der Waals surface area contributed by atoms with Gasteiger partial charge in [-0.1, -0.05) is 30.3 Å². The van der Waals surface area contributed by atoms with Gasteiger partial charge in [-0.3, -0.25) is 9.59 Å². The first kappa shape index (κ1) is 12.7. The predicted molar refractivity (Wildman–Crippen MR) is 61.6 cm³/mol. The van der Waals surface area contributed by atoms with E-state index in [2.05, 4.69) is 10.6 Å². The van der Waals surface area contributed by atoms with Crippen LogP contribution in [0, 0.1) is 11.3 Å². The van der Waals surface area contributed by atoms with Crippen LogP contribution >= 0.6 is 0 Å². The van der Waals surface area contributed by atoms with Gasteiger partial charge in [-0.25, -0.2) is 0 Å². The Labute approximate surface area is 99.4 Å². The molecule has 2 N–H and O–H groups in total. The number of nitrogens with one attached hydrogen (secondary N) is 2. The summed E-state index contributed by atoms with van der Waals surface area (Å²) in [6.45, 7) is 1.61. The Bertz CT molecular complexity index is 437. The summed E-state index contributed by atoms with van der Waals surface area (Å²) in [6, 6.07) is 10.8. The first-order valence-electron chi connectivity index (χ1n) is 5.15. The summed E-state index contributed by atoms with van der Waals surface area (Å²) in [5.74, 6) is -1.54. The average molecular weight is 231 g/mol. The Kier molecular flexibility index (Phi) is 4.70. The molecule has 2 amide bonds. The highest BCUT2D eigenvalue weighted by Crippen LogP contribution is 2.10. The zero-order valence-corrected chi connectivity index (χ0v) is 9.43. The van der Waals surface area contributed by atoms with Crippen LogP contribution in [0.4, 0.5) is 0 Å². The van der Waals surface area contributed by atoms with E-state index >= 15 is 0 Å². The molecule has 0 heterocycles. The summed E-state index contributed by atoms with van der Waals surface area (Å²) in [4.78, 5) is 22.6. The van der Waals surface area contributed by atoms with Crippen LogP contribution in [-0.4, -0.2) is 18.4 Å². The van der Waals surface area contributed by atoms with Gasteiger partial charge in [0, 0.05) is 0 Å². The van der Waals surface area contributed by atoms with Crippen molar-refractivity contribution in [3.8, 4) is 6.07 Å². The van der Waals surface area contributed by atoms with Crippen molar-refractivity contribution >= 4 is 11.8 Å². The lowest BCUT2D eigenvalue weighted by Gasteiger charge is -2.13. The van der Waals surface area contributed by atoms with Crippen LogP contribution < -0.4 is 10.6 Å². The molecule has 88 valence electrons. The molecule has 0 saturated heterocycles. The molecule has 5 nitrogen and oxygen atoms in total. The summed E-state index contributed by atoms with van der Waals surface area (Å²) in [7, 11) is 0. The first-order chi connectivity index (χ1) is 8.15. The summed E-state index contributed by atoms with van der Waals surface area (Å²) < 4.78 is 0. The molecular weight excluding hydrogens is 218 g/mol. The Morgan fingerprint density at radius 3 is 2.53 bits per heavy atom. The molecule has 0 bridgehead atoms. The normalized spacial score (nSPS) is 11.1. The topological polar surface area (TPSA) is 82.0 Å². The molecule has 0 spiro atoms. The van der Waals surface area contributed by atoms with Crippen LogP contribution in [0.15, 0.2) is 30.3 Å². The molecule has 0 saturated carbocycles. The van der Waals surface area contributed by atoms with E-state index in [-0.39, 0.29) is 12.6 Å². The molecular formula is C12H13N3O2. The standard InChI is InChI=1S/C12H13N3O2/c1-9(10-5-3-2-4-6-10)15-12(17)11(16)14-8-7-13/h2-6,9H,8H2,1H3,(H,14,16)(H,15,17). The zero-order chi connectivity index (χ0) is 12.7. The van der Waals surface area contributed by atoms with Crippen molar-refractivity contribution in [2.24, 2.45) is 0 Å². The van der Waals surface area contributed by atoms with Gasteiger partial charge in [0.15, 0.2) is 0 Å². The monoisotopic (exact) mass is 231 g/mol. The second kappa shape index (κ2) is 6.28. The van der Waals surface area contributed by atoms with Gasteiger partial charge >= 0.3 is 11.8 Å². The SMILES string of the molecule is CC(NC(=O)C(=O)NCC#N)c1ccccc1. The van der Waals surface area contributed by atoms with E-state index in [9.17, 15) is 9.59 Å². The van der Waals surface area contributed by atoms with Crippen molar-refractivity contribution in [2.45, 2.75) is 13.0 Å². The fourth-order valence-electron chi connectivity index (χ4n) is 1.29. The number of carbonyl (C=O) groups excluding carboxylic acids is 2. The lowest BCUT2D eigenvalue weighted by Crippen LogP contribution is -2.41. The summed E-state index contributed by atoms with van der Waals surface area (Å²) in [5.41, 5.74) is 0.911. The summed E-state index contributed by atoms with van der Waals surface area (Å²) >= 11 is 0. The van der Waals surface area contributed by atoms with Crippen LogP contribution in [0.5, 0.6) is 0 Å². The quantitative estimate of drug-likeness (QED) is 0.587. The van der Waals surface area contributed by atoms with E-state index in [0.29, 0.717) is 0 Å². The van der Waals surface area contributed by atoms with Gasteiger partial charge < -0.3 is 10.6 Å². The number of rotatable bonds is 3. The highest BCUT2D eigenvalue weighted by molar-refractivity contribution is 6.35. The summed E-state index contributed by atoms with van der Waals surface area (Å²) in [6.07, 6.45) is 0. The minimum atomic E-state index is -0.797. The smallest absolute Gasteiger partial charge is 0.310 e. The molecule has 1 aromatic rings. The van der Waals surface area contributed by atoms with Crippen molar-refractivity contribution in [1.82, 2.24) is 10.6 Å². The number of nitrogens with zero attached hydrogens (tertiary/aromatic N) is 1. The van der Waals surface area contributed by atoms with E-state index in [1.165, 1.54) is 0 Å². The molecule has 5 heteroatoms. The fourth-order valence-corrected chi connectivity index (χ4v) is 1.29. The van der Waals surface area contributed by atoms with Crippen LogP contribution in [0.25, 0.3) is 0 Å². The zero-order valence-electron chi connectivity index (χ0n) is 9.43. The summed E-state index contributed by atoms with van der Waals surface area (Å²) in [5, 5.41) is 13.0. The van der Waals surface area contributed by atoms with Gasteiger partial charge in [0.05, 0.1) is 12.1 Å².